The number of hydrogen-bond donors (Lipinski definition) is 1. The topological polar surface area (TPSA) is 63.4 Å². The minimum atomic E-state index is -0.897. The number of rotatable bonds is 3. The molecule has 0 aliphatic rings. The van der Waals surface area contributed by atoms with Crippen molar-refractivity contribution in [2.75, 3.05) is 0 Å². The van der Waals surface area contributed by atoms with Crippen LogP contribution >= 0.6 is 0 Å². The summed E-state index contributed by atoms with van der Waals surface area (Å²) in [4.78, 5) is 10.6. The van der Waals surface area contributed by atoms with Crippen molar-refractivity contribution >= 4 is 16.5 Å². The molecule has 0 aromatic heterocycles. The molecule has 0 saturated heterocycles. The summed E-state index contributed by atoms with van der Waals surface area (Å²) in [6, 6.07) is 18.3. The minimum Gasteiger partial charge on any atom is -0.384 e. The second-order valence-corrected chi connectivity index (χ2v) is 5.22. The van der Waals surface area contributed by atoms with Crippen LogP contribution in [0.2, 0.25) is 0 Å². The lowest BCUT2D eigenvalue weighted by Crippen LogP contribution is -2.04. The number of nitrogens with zero attached hydrogens (tertiary/aromatic N) is 1. The van der Waals surface area contributed by atoms with E-state index in [4.69, 9.17) is 0 Å². The maximum Gasteiger partial charge on any atom is 0.272 e. The maximum atomic E-state index is 11.1. The van der Waals surface area contributed by atoms with Gasteiger partial charge in [0.2, 0.25) is 0 Å². The average Bonchev–Trinajstić information content (AvgIpc) is 2.53. The Labute approximate surface area is 127 Å². The highest BCUT2D eigenvalue weighted by Crippen LogP contribution is 2.33. The summed E-state index contributed by atoms with van der Waals surface area (Å²) >= 11 is 0. The number of aliphatic hydroxyl groups excluding tert-OH is 1. The zero-order valence-corrected chi connectivity index (χ0v) is 12.1. The number of nitro benzene ring substituents is 1. The normalized spacial score (nSPS) is 12.3. The van der Waals surface area contributed by atoms with Crippen molar-refractivity contribution in [3.05, 3.63) is 87.5 Å². The lowest BCUT2D eigenvalue weighted by molar-refractivity contribution is -0.385. The summed E-state index contributed by atoms with van der Waals surface area (Å²) in [6.07, 6.45) is -0.897. The molecule has 1 N–H and O–H groups in total. The summed E-state index contributed by atoms with van der Waals surface area (Å²) in [7, 11) is 0. The molecule has 1 atom stereocenters. The maximum absolute atomic E-state index is 11.1. The third-order valence-corrected chi connectivity index (χ3v) is 3.96. The van der Waals surface area contributed by atoms with Crippen LogP contribution in [0, 0.1) is 17.0 Å². The van der Waals surface area contributed by atoms with Crippen LogP contribution in [0.1, 0.15) is 22.8 Å². The van der Waals surface area contributed by atoms with Crippen molar-refractivity contribution in [1.29, 1.82) is 0 Å². The molecule has 0 bridgehead atoms. The van der Waals surface area contributed by atoms with Crippen molar-refractivity contribution in [2.24, 2.45) is 0 Å². The Hall–Kier alpha value is -2.72. The molecule has 0 radical (unpaired) electrons. The quantitative estimate of drug-likeness (QED) is 0.583. The van der Waals surface area contributed by atoms with Gasteiger partial charge in [-0.2, -0.15) is 0 Å². The van der Waals surface area contributed by atoms with Crippen molar-refractivity contribution in [3.63, 3.8) is 0 Å². The highest BCUT2D eigenvalue weighted by molar-refractivity contribution is 5.86. The largest absolute Gasteiger partial charge is 0.384 e. The first-order valence-corrected chi connectivity index (χ1v) is 6.99. The molecule has 0 aliphatic carbocycles. The third-order valence-electron chi connectivity index (χ3n) is 3.96. The smallest absolute Gasteiger partial charge is 0.272 e. The van der Waals surface area contributed by atoms with Crippen molar-refractivity contribution in [1.82, 2.24) is 0 Å². The standard InChI is InChI=1S/C18H15NO3/c1-12-14(9-5-11-17(12)19(21)22)18(20)16-10-4-7-13-6-2-3-8-15(13)16/h2-11,18,20H,1H3/t18-/m1/s1. The molecule has 4 heteroatoms. The molecule has 0 amide bonds. The Morgan fingerprint density at radius 1 is 0.955 bits per heavy atom. The number of aliphatic hydroxyl groups is 1. The van der Waals surface area contributed by atoms with E-state index >= 15 is 0 Å². The summed E-state index contributed by atoms with van der Waals surface area (Å²) < 4.78 is 0. The second-order valence-electron chi connectivity index (χ2n) is 5.22. The molecule has 4 nitrogen and oxygen atoms in total. The van der Waals surface area contributed by atoms with E-state index in [1.165, 1.54) is 6.07 Å². The summed E-state index contributed by atoms with van der Waals surface area (Å²) in [5, 5.41) is 23.8. The van der Waals surface area contributed by atoms with Gasteiger partial charge in [-0.3, -0.25) is 10.1 Å². The molecule has 0 heterocycles. The summed E-state index contributed by atoms with van der Waals surface area (Å²) in [5.41, 5.74) is 1.83. The van der Waals surface area contributed by atoms with Gasteiger partial charge in [-0.1, -0.05) is 54.6 Å². The van der Waals surface area contributed by atoms with Gasteiger partial charge in [-0.25, -0.2) is 0 Å². The first kappa shape index (κ1) is 14.2. The molecule has 3 rings (SSSR count). The van der Waals surface area contributed by atoms with E-state index in [0.717, 1.165) is 16.3 Å². The molecule has 0 saturated carbocycles. The van der Waals surface area contributed by atoms with Crippen molar-refractivity contribution in [2.45, 2.75) is 13.0 Å². The van der Waals surface area contributed by atoms with Gasteiger partial charge in [0.1, 0.15) is 6.10 Å². The Morgan fingerprint density at radius 3 is 2.36 bits per heavy atom. The van der Waals surface area contributed by atoms with Gasteiger partial charge in [0.15, 0.2) is 0 Å². The van der Waals surface area contributed by atoms with E-state index < -0.39 is 11.0 Å². The zero-order valence-electron chi connectivity index (χ0n) is 12.1. The first-order chi connectivity index (χ1) is 10.6. The highest BCUT2D eigenvalue weighted by atomic mass is 16.6. The number of fused-ring (bicyclic) bond motifs is 1. The van der Waals surface area contributed by atoms with Crippen LogP contribution < -0.4 is 0 Å². The number of hydrogen-bond acceptors (Lipinski definition) is 3. The van der Waals surface area contributed by atoms with E-state index in [0.29, 0.717) is 11.1 Å². The van der Waals surface area contributed by atoms with Crippen LogP contribution in [0.5, 0.6) is 0 Å². The van der Waals surface area contributed by atoms with Crippen LogP contribution in [0.4, 0.5) is 5.69 Å². The SMILES string of the molecule is Cc1c([C@@H](O)c2cccc3ccccc23)cccc1[N+](=O)[O-]. The summed E-state index contributed by atoms with van der Waals surface area (Å²) in [6.45, 7) is 1.67. The third kappa shape index (κ3) is 2.34. The average molecular weight is 293 g/mol. The van der Waals surface area contributed by atoms with Gasteiger partial charge in [0.25, 0.3) is 5.69 Å². The first-order valence-electron chi connectivity index (χ1n) is 6.99. The van der Waals surface area contributed by atoms with E-state index in [2.05, 4.69) is 0 Å². The van der Waals surface area contributed by atoms with Crippen LogP contribution in [0.15, 0.2) is 60.7 Å². The molecule has 3 aromatic rings. The molecule has 0 unspecified atom stereocenters. The molecule has 0 spiro atoms. The van der Waals surface area contributed by atoms with Crippen LogP contribution in [-0.4, -0.2) is 10.0 Å². The predicted octanol–water partition coefficient (Wildman–Crippen LogP) is 4.14. The fourth-order valence-corrected chi connectivity index (χ4v) is 2.79. The van der Waals surface area contributed by atoms with Crippen molar-refractivity contribution in [3.8, 4) is 0 Å². The minimum absolute atomic E-state index is 0.0248. The molecule has 22 heavy (non-hydrogen) atoms. The Morgan fingerprint density at radius 2 is 1.59 bits per heavy atom. The van der Waals surface area contributed by atoms with E-state index in [1.807, 2.05) is 42.5 Å². The van der Waals surface area contributed by atoms with Crippen LogP contribution in [0.3, 0.4) is 0 Å². The van der Waals surface area contributed by atoms with E-state index in [1.54, 1.807) is 19.1 Å². The Kier molecular flexibility index (Phi) is 3.61. The lowest BCUT2D eigenvalue weighted by Gasteiger charge is -2.16. The molecular formula is C18H15NO3. The van der Waals surface area contributed by atoms with Gasteiger partial charge in [-0.15, -0.1) is 0 Å². The summed E-state index contributed by atoms with van der Waals surface area (Å²) in [5.74, 6) is 0. The number of nitro groups is 1. The predicted molar refractivity (Wildman–Crippen MR) is 85.8 cm³/mol. The molecule has 110 valence electrons. The Balaban J connectivity index is 2.16. The highest BCUT2D eigenvalue weighted by Gasteiger charge is 2.20. The van der Waals surface area contributed by atoms with Gasteiger partial charge < -0.3 is 5.11 Å². The lowest BCUT2D eigenvalue weighted by atomic mass is 9.93. The van der Waals surface area contributed by atoms with Gasteiger partial charge in [0, 0.05) is 11.6 Å². The van der Waals surface area contributed by atoms with Crippen molar-refractivity contribution < 1.29 is 10.0 Å². The molecule has 3 aromatic carbocycles. The molecule has 0 fully saturated rings. The fraction of sp³-hybridized carbons (Fsp3) is 0.111. The molecular weight excluding hydrogens is 278 g/mol. The van der Waals surface area contributed by atoms with Crippen LogP contribution in [0.25, 0.3) is 10.8 Å². The molecule has 0 aliphatic heterocycles. The second kappa shape index (κ2) is 5.58. The van der Waals surface area contributed by atoms with Crippen LogP contribution in [-0.2, 0) is 0 Å². The Bertz CT molecular complexity index is 853. The van der Waals surface area contributed by atoms with E-state index in [9.17, 15) is 15.2 Å². The fourth-order valence-electron chi connectivity index (χ4n) is 2.79. The van der Waals surface area contributed by atoms with Gasteiger partial charge in [-0.05, 0) is 28.8 Å². The monoisotopic (exact) mass is 293 g/mol. The van der Waals surface area contributed by atoms with Gasteiger partial charge >= 0.3 is 0 Å². The zero-order chi connectivity index (χ0) is 15.7. The number of benzene rings is 3. The van der Waals surface area contributed by atoms with Gasteiger partial charge in [0.05, 0.1) is 4.92 Å². The van der Waals surface area contributed by atoms with E-state index in [-0.39, 0.29) is 5.69 Å².